The summed E-state index contributed by atoms with van der Waals surface area (Å²) in [4.78, 5) is 39.6. The first kappa shape index (κ1) is 17.2. The quantitative estimate of drug-likeness (QED) is 0.670. The van der Waals surface area contributed by atoms with Gasteiger partial charge in [0, 0.05) is 11.8 Å². The van der Waals surface area contributed by atoms with Crippen LogP contribution in [-0.2, 0) is 9.59 Å². The van der Waals surface area contributed by atoms with E-state index in [1.54, 1.807) is 12.1 Å². The van der Waals surface area contributed by atoms with Crippen LogP contribution in [0.2, 0.25) is 0 Å². The van der Waals surface area contributed by atoms with Crippen LogP contribution in [0.5, 0.6) is 0 Å². The second kappa shape index (κ2) is 5.89. The van der Waals surface area contributed by atoms with Gasteiger partial charge in [0.1, 0.15) is 0 Å². The molecule has 1 heterocycles. The van der Waals surface area contributed by atoms with Crippen molar-refractivity contribution in [3.05, 3.63) is 101 Å². The van der Waals surface area contributed by atoms with Gasteiger partial charge >= 0.3 is 5.97 Å². The van der Waals surface area contributed by atoms with E-state index >= 15 is 0 Å². The van der Waals surface area contributed by atoms with Gasteiger partial charge in [-0.05, 0) is 46.5 Å². The van der Waals surface area contributed by atoms with E-state index in [0.29, 0.717) is 5.69 Å². The Morgan fingerprint density at radius 2 is 1.07 bits per heavy atom. The highest BCUT2D eigenvalue weighted by molar-refractivity contribution is 6.23. The Kier molecular flexibility index (Phi) is 3.37. The Hall–Kier alpha value is -3.73. The fraction of sp³-hybridized carbons (Fsp3) is 0.160. The molecular formula is C25H17NO4. The number of rotatable bonds is 2. The molecule has 5 heteroatoms. The average molecular weight is 395 g/mol. The first-order valence-electron chi connectivity index (χ1n) is 9.96. The molecular weight excluding hydrogens is 378 g/mol. The van der Waals surface area contributed by atoms with Crippen molar-refractivity contribution in [2.75, 3.05) is 4.90 Å². The van der Waals surface area contributed by atoms with Crippen molar-refractivity contribution >= 4 is 23.5 Å². The summed E-state index contributed by atoms with van der Waals surface area (Å²) in [6, 6.07) is 22.2. The maximum absolute atomic E-state index is 13.6. The Morgan fingerprint density at radius 3 is 1.43 bits per heavy atom. The third-order valence-corrected chi connectivity index (χ3v) is 6.82. The Labute approximate surface area is 172 Å². The van der Waals surface area contributed by atoms with E-state index in [9.17, 15) is 14.4 Å². The minimum atomic E-state index is -1.04. The maximum atomic E-state index is 13.6. The molecule has 5 nitrogen and oxygen atoms in total. The number of hydrogen-bond acceptors (Lipinski definition) is 3. The zero-order valence-corrected chi connectivity index (χ0v) is 15.9. The Balaban J connectivity index is 1.51. The highest BCUT2D eigenvalue weighted by Crippen LogP contribution is 2.61. The Morgan fingerprint density at radius 1 is 0.667 bits per heavy atom. The SMILES string of the molecule is O=C(O)c1ccc(N2C(=O)[C@@H]3C4c5ccccc5C(c5ccccc54)[C@@H]3C2=O)cc1. The van der Waals surface area contributed by atoms with Gasteiger partial charge < -0.3 is 5.11 Å². The monoisotopic (exact) mass is 395 g/mol. The van der Waals surface area contributed by atoms with Gasteiger partial charge in [-0.15, -0.1) is 0 Å². The molecule has 4 aliphatic rings. The molecule has 0 radical (unpaired) electrons. The number of benzene rings is 3. The molecule has 2 bridgehead atoms. The second-order valence-corrected chi connectivity index (χ2v) is 8.13. The lowest BCUT2D eigenvalue weighted by Gasteiger charge is -2.45. The van der Waals surface area contributed by atoms with Crippen LogP contribution < -0.4 is 4.90 Å². The second-order valence-electron chi connectivity index (χ2n) is 8.13. The van der Waals surface area contributed by atoms with Crippen molar-refractivity contribution < 1.29 is 19.5 Å². The number of carboxylic acid groups (broad SMARTS) is 1. The van der Waals surface area contributed by atoms with Gasteiger partial charge in [0.05, 0.1) is 23.1 Å². The summed E-state index contributed by atoms with van der Waals surface area (Å²) in [6.45, 7) is 0. The lowest BCUT2D eigenvalue weighted by Crippen LogP contribution is -2.41. The molecule has 0 aromatic heterocycles. The standard InChI is InChI=1S/C25H17NO4/c27-23-21-19-15-5-1-2-6-16(15)20(18-8-4-3-7-17(18)19)22(21)24(28)26(23)14-11-9-13(10-12-14)25(29)30/h1-12,19-22H,(H,29,30)/t19?,20?,21-,22+. The lowest BCUT2D eigenvalue weighted by atomic mass is 9.55. The molecule has 3 aromatic rings. The fourth-order valence-electron chi connectivity index (χ4n) is 5.68. The van der Waals surface area contributed by atoms with Gasteiger partial charge in [-0.3, -0.25) is 9.59 Å². The third-order valence-electron chi connectivity index (χ3n) is 6.82. The average Bonchev–Trinajstić information content (AvgIpc) is 3.04. The highest BCUT2D eigenvalue weighted by atomic mass is 16.4. The zero-order valence-electron chi connectivity index (χ0n) is 15.9. The zero-order chi connectivity index (χ0) is 20.6. The first-order chi connectivity index (χ1) is 14.6. The summed E-state index contributed by atoms with van der Waals surface area (Å²) in [5.41, 5.74) is 5.07. The highest BCUT2D eigenvalue weighted by Gasteiger charge is 2.61. The molecule has 7 rings (SSSR count). The van der Waals surface area contributed by atoms with E-state index in [0.717, 1.165) is 22.3 Å². The minimum absolute atomic E-state index is 0.121. The molecule has 0 saturated carbocycles. The predicted molar refractivity (Wildman–Crippen MR) is 109 cm³/mol. The van der Waals surface area contributed by atoms with E-state index in [1.807, 2.05) is 24.3 Å². The van der Waals surface area contributed by atoms with E-state index in [1.165, 1.54) is 17.0 Å². The minimum Gasteiger partial charge on any atom is -0.478 e. The largest absolute Gasteiger partial charge is 0.478 e. The van der Waals surface area contributed by atoms with Crippen LogP contribution in [0.1, 0.15) is 44.4 Å². The van der Waals surface area contributed by atoms with Crippen molar-refractivity contribution in [3.8, 4) is 0 Å². The number of carboxylic acids is 1. The van der Waals surface area contributed by atoms with E-state index in [4.69, 9.17) is 5.11 Å². The Bertz CT molecular complexity index is 1130. The summed E-state index contributed by atoms with van der Waals surface area (Å²) in [5.74, 6) is -2.62. The molecule has 1 fully saturated rings. The molecule has 146 valence electrons. The van der Waals surface area contributed by atoms with E-state index < -0.39 is 17.8 Å². The molecule has 1 aliphatic heterocycles. The van der Waals surface area contributed by atoms with Gasteiger partial charge in [-0.2, -0.15) is 0 Å². The van der Waals surface area contributed by atoms with E-state index in [2.05, 4.69) is 24.3 Å². The molecule has 2 atom stereocenters. The lowest BCUT2D eigenvalue weighted by molar-refractivity contribution is -0.122. The van der Waals surface area contributed by atoms with Crippen LogP contribution in [0.3, 0.4) is 0 Å². The van der Waals surface area contributed by atoms with Crippen LogP contribution in [0.25, 0.3) is 0 Å². The molecule has 0 spiro atoms. The van der Waals surface area contributed by atoms with Crippen molar-refractivity contribution in [1.82, 2.24) is 0 Å². The van der Waals surface area contributed by atoms with Gasteiger partial charge in [0.15, 0.2) is 0 Å². The van der Waals surface area contributed by atoms with Crippen LogP contribution >= 0.6 is 0 Å². The molecule has 2 amide bonds. The first-order valence-corrected chi connectivity index (χ1v) is 9.96. The normalized spacial score (nSPS) is 25.7. The van der Waals surface area contributed by atoms with Crippen LogP contribution in [0.4, 0.5) is 5.69 Å². The van der Waals surface area contributed by atoms with Gasteiger partial charge in [0.25, 0.3) is 0 Å². The van der Waals surface area contributed by atoms with Crippen LogP contribution in [-0.4, -0.2) is 22.9 Å². The molecule has 1 N–H and O–H groups in total. The number of imide groups is 1. The van der Waals surface area contributed by atoms with Crippen molar-refractivity contribution in [1.29, 1.82) is 0 Å². The van der Waals surface area contributed by atoms with Crippen molar-refractivity contribution in [2.24, 2.45) is 11.8 Å². The number of carbonyl (C=O) groups is 3. The summed E-state index contributed by atoms with van der Waals surface area (Å²) in [6.07, 6.45) is 0. The molecule has 3 aromatic carbocycles. The van der Waals surface area contributed by atoms with Crippen LogP contribution in [0.15, 0.2) is 72.8 Å². The number of carbonyl (C=O) groups excluding carboxylic acids is 2. The fourth-order valence-corrected chi connectivity index (χ4v) is 5.68. The van der Waals surface area contributed by atoms with Gasteiger partial charge in [0.2, 0.25) is 11.8 Å². The summed E-state index contributed by atoms with van der Waals surface area (Å²) in [7, 11) is 0. The van der Waals surface area contributed by atoms with Gasteiger partial charge in [-0.25, -0.2) is 9.69 Å². The number of anilines is 1. The number of aromatic carboxylic acids is 1. The summed E-state index contributed by atoms with van der Waals surface area (Å²) >= 11 is 0. The van der Waals surface area contributed by atoms with Gasteiger partial charge in [-0.1, -0.05) is 48.5 Å². The molecule has 3 aliphatic carbocycles. The molecule has 30 heavy (non-hydrogen) atoms. The molecule has 1 saturated heterocycles. The van der Waals surface area contributed by atoms with E-state index in [-0.39, 0.29) is 29.2 Å². The summed E-state index contributed by atoms with van der Waals surface area (Å²) < 4.78 is 0. The summed E-state index contributed by atoms with van der Waals surface area (Å²) in [5, 5.41) is 9.14. The van der Waals surface area contributed by atoms with Crippen molar-refractivity contribution in [3.63, 3.8) is 0 Å². The maximum Gasteiger partial charge on any atom is 0.335 e. The number of nitrogens with zero attached hydrogens (tertiary/aromatic N) is 1. The third kappa shape index (κ3) is 2.04. The smallest absolute Gasteiger partial charge is 0.335 e. The molecule has 0 unspecified atom stereocenters. The topological polar surface area (TPSA) is 74.7 Å². The predicted octanol–water partition coefficient (Wildman–Crippen LogP) is 3.78. The van der Waals surface area contributed by atoms with Crippen molar-refractivity contribution in [2.45, 2.75) is 11.8 Å². The van der Waals surface area contributed by atoms with Crippen LogP contribution in [0, 0.1) is 11.8 Å². The number of amides is 2. The number of hydrogen-bond donors (Lipinski definition) is 1.